The van der Waals surface area contributed by atoms with Gasteiger partial charge in [-0.25, -0.2) is 0 Å². The van der Waals surface area contributed by atoms with Gasteiger partial charge in [-0.3, -0.25) is 0 Å². The van der Waals surface area contributed by atoms with Gasteiger partial charge in [0, 0.05) is 24.9 Å². The van der Waals surface area contributed by atoms with Gasteiger partial charge in [0.2, 0.25) is 0 Å². The number of halogens is 1. The number of anilines is 1. The first-order chi connectivity index (χ1) is 8.15. The van der Waals surface area contributed by atoms with E-state index in [-0.39, 0.29) is 0 Å². The monoisotopic (exact) mass is 271 g/mol. The summed E-state index contributed by atoms with van der Waals surface area (Å²) >= 11 is 7.91. The largest absolute Gasteiger partial charge is 0.358 e. The van der Waals surface area contributed by atoms with Crippen molar-refractivity contribution in [3.05, 3.63) is 17.0 Å². The first-order valence-electron chi connectivity index (χ1n) is 5.21. The highest BCUT2D eigenvalue weighted by atomic mass is 35.5. The van der Waals surface area contributed by atoms with E-state index < -0.39 is 0 Å². The van der Waals surface area contributed by atoms with Crippen LogP contribution in [0, 0.1) is 6.92 Å². The zero-order chi connectivity index (χ0) is 12.4. The first kappa shape index (κ1) is 12.4. The van der Waals surface area contributed by atoms with Gasteiger partial charge in [0.25, 0.3) is 5.78 Å². The molecule has 2 rings (SSSR count). The van der Waals surface area contributed by atoms with Crippen LogP contribution in [0.4, 0.5) is 5.82 Å². The Bertz CT molecular complexity index is 527. The molecule has 0 saturated carbocycles. The summed E-state index contributed by atoms with van der Waals surface area (Å²) in [5.41, 5.74) is 0.924. The molecule has 0 aliphatic carbocycles. The van der Waals surface area contributed by atoms with E-state index in [1.54, 1.807) is 16.3 Å². The molecular formula is C10H14ClN5S. The van der Waals surface area contributed by atoms with E-state index in [2.05, 4.69) is 26.2 Å². The van der Waals surface area contributed by atoms with E-state index in [0.717, 1.165) is 23.7 Å². The number of aromatic nitrogens is 4. The standard InChI is InChI=1S/C10H14ClN5S/c1-7-8(11)14-10-12-6-13-16(10)9(7)15(2)4-5-17-3/h6H,4-5H2,1-3H3. The second-order valence-corrected chi connectivity index (χ2v) is 5.08. The zero-order valence-electron chi connectivity index (χ0n) is 10.0. The first-order valence-corrected chi connectivity index (χ1v) is 6.98. The molecule has 7 heteroatoms. The van der Waals surface area contributed by atoms with Gasteiger partial charge in [0.15, 0.2) is 0 Å². The maximum absolute atomic E-state index is 6.10. The van der Waals surface area contributed by atoms with Crippen molar-refractivity contribution in [3.63, 3.8) is 0 Å². The van der Waals surface area contributed by atoms with Gasteiger partial charge in [0.1, 0.15) is 17.3 Å². The molecule has 0 radical (unpaired) electrons. The minimum absolute atomic E-state index is 0.483. The summed E-state index contributed by atoms with van der Waals surface area (Å²) in [5, 5.41) is 4.67. The van der Waals surface area contributed by atoms with Crippen molar-refractivity contribution in [1.29, 1.82) is 0 Å². The fraction of sp³-hybridized carbons (Fsp3) is 0.500. The number of rotatable bonds is 4. The van der Waals surface area contributed by atoms with Crippen molar-refractivity contribution in [2.45, 2.75) is 6.92 Å². The molecule has 0 aliphatic heterocycles. The highest BCUT2D eigenvalue weighted by molar-refractivity contribution is 7.98. The van der Waals surface area contributed by atoms with Gasteiger partial charge in [-0.15, -0.1) is 0 Å². The third-order valence-electron chi connectivity index (χ3n) is 2.57. The van der Waals surface area contributed by atoms with Gasteiger partial charge in [-0.05, 0) is 13.2 Å². The predicted octanol–water partition coefficient (Wildman–Crippen LogP) is 1.89. The third kappa shape index (κ3) is 2.32. The second kappa shape index (κ2) is 5.10. The molecule has 0 atom stereocenters. The van der Waals surface area contributed by atoms with Crippen molar-refractivity contribution in [1.82, 2.24) is 19.6 Å². The number of fused-ring (bicyclic) bond motifs is 1. The fourth-order valence-corrected chi connectivity index (χ4v) is 2.28. The van der Waals surface area contributed by atoms with Crippen LogP contribution < -0.4 is 4.90 Å². The van der Waals surface area contributed by atoms with E-state index in [1.807, 2.05) is 14.0 Å². The predicted molar refractivity (Wildman–Crippen MR) is 72.2 cm³/mol. The van der Waals surface area contributed by atoms with Crippen LogP contribution in [0.5, 0.6) is 0 Å². The van der Waals surface area contributed by atoms with Crippen molar-refractivity contribution >= 4 is 35.0 Å². The molecule has 5 nitrogen and oxygen atoms in total. The van der Waals surface area contributed by atoms with Crippen LogP contribution in [0.25, 0.3) is 5.78 Å². The lowest BCUT2D eigenvalue weighted by Crippen LogP contribution is -2.24. The molecule has 2 heterocycles. The number of hydrogen-bond acceptors (Lipinski definition) is 5. The molecule has 0 N–H and O–H groups in total. The van der Waals surface area contributed by atoms with Gasteiger partial charge in [0.05, 0.1) is 0 Å². The average Bonchev–Trinajstić information content (AvgIpc) is 2.74. The summed E-state index contributed by atoms with van der Waals surface area (Å²) in [7, 11) is 2.02. The minimum Gasteiger partial charge on any atom is -0.358 e. The lowest BCUT2D eigenvalue weighted by atomic mass is 10.3. The number of nitrogens with zero attached hydrogens (tertiary/aromatic N) is 5. The van der Waals surface area contributed by atoms with Crippen LogP contribution in [-0.4, -0.2) is 45.2 Å². The topological polar surface area (TPSA) is 46.3 Å². The normalized spacial score (nSPS) is 11.1. The molecule has 17 heavy (non-hydrogen) atoms. The van der Waals surface area contributed by atoms with Crippen LogP contribution in [0.15, 0.2) is 6.33 Å². The minimum atomic E-state index is 0.483. The molecule has 0 spiro atoms. The van der Waals surface area contributed by atoms with E-state index >= 15 is 0 Å². The summed E-state index contributed by atoms with van der Waals surface area (Å²) in [6.45, 7) is 2.87. The lowest BCUT2D eigenvalue weighted by molar-refractivity contribution is 0.847. The average molecular weight is 272 g/mol. The maximum Gasteiger partial charge on any atom is 0.255 e. The van der Waals surface area contributed by atoms with Gasteiger partial charge < -0.3 is 4.90 Å². The van der Waals surface area contributed by atoms with Crippen molar-refractivity contribution in [2.24, 2.45) is 0 Å². The van der Waals surface area contributed by atoms with Crippen molar-refractivity contribution in [3.8, 4) is 0 Å². The van der Waals surface area contributed by atoms with Crippen LogP contribution >= 0.6 is 23.4 Å². The Morgan fingerprint density at radius 2 is 2.29 bits per heavy atom. The highest BCUT2D eigenvalue weighted by Crippen LogP contribution is 2.24. The maximum atomic E-state index is 6.10. The van der Waals surface area contributed by atoms with E-state index in [1.165, 1.54) is 6.33 Å². The van der Waals surface area contributed by atoms with Crippen LogP contribution in [0.1, 0.15) is 5.56 Å². The van der Waals surface area contributed by atoms with Gasteiger partial charge in [-0.1, -0.05) is 11.6 Å². The summed E-state index contributed by atoms with van der Waals surface area (Å²) in [6.07, 6.45) is 3.58. The van der Waals surface area contributed by atoms with Crippen LogP contribution in [0.3, 0.4) is 0 Å². The molecule has 2 aromatic rings. The van der Waals surface area contributed by atoms with E-state index in [0.29, 0.717) is 10.9 Å². The highest BCUT2D eigenvalue weighted by Gasteiger charge is 2.15. The Kier molecular flexibility index (Phi) is 3.73. The lowest BCUT2D eigenvalue weighted by Gasteiger charge is -2.21. The number of thioether (sulfide) groups is 1. The van der Waals surface area contributed by atoms with E-state index in [4.69, 9.17) is 11.6 Å². The molecule has 0 unspecified atom stereocenters. The summed E-state index contributed by atoms with van der Waals surface area (Å²) < 4.78 is 1.72. The summed E-state index contributed by atoms with van der Waals surface area (Å²) in [4.78, 5) is 10.4. The fourth-order valence-electron chi connectivity index (χ4n) is 1.67. The molecular weight excluding hydrogens is 258 g/mol. The molecule has 0 saturated heterocycles. The second-order valence-electron chi connectivity index (χ2n) is 3.74. The summed E-state index contributed by atoms with van der Waals surface area (Å²) in [6, 6.07) is 0. The smallest absolute Gasteiger partial charge is 0.255 e. The molecule has 2 aromatic heterocycles. The van der Waals surface area contributed by atoms with Crippen LogP contribution in [-0.2, 0) is 0 Å². The Hall–Kier alpha value is -1.01. The summed E-state index contributed by atoms with van der Waals surface area (Å²) in [5.74, 6) is 2.53. The Balaban J connectivity index is 2.49. The van der Waals surface area contributed by atoms with Crippen LogP contribution in [0.2, 0.25) is 5.15 Å². The third-order valence-corrected chi connectivity index (χ3v) is 3.52. The molecule has 0 aliphatic rings. The number of hydrogen-bond donors (Lipinski definition) is 0. The Morgan fingerprint density at radius 1 is 1.53 bits per heavy atom. The molecule has 92 valence electrons. The van der Waals surface area contributed by atoms with Crippen molar-refractivity contribution < 1.29 is 0 Å². The Labute approximate surface area is 109 Å². The van der Waals surface area contributed by atoms with Gasteiger partial charge >= 0.3 is 0 Å². The molecule has 0 aromatic carbocycles. The molecule has 0 fully saturated rings. The van der Waals surface area contributed by atoms with E-state index in [9.17, 15) is 0 Å². The Morgan fingerprint density at radius 3 is 3.00 bits per heavy atom. The quantitative estimate of drug-likeness (QED) is 0.795. The SMILES string of the molecule is CSCCN(C)c1c(C)c(Cl)nc2ncnn12. The zero-order valence-corrected chi connectivity index (χ0v) is 11.6. The van der Waals surface area contributed by atoms with Gasteiger partial charge in [-0.2, -0.15) is 31.3 Å². The van der Waals surface area contributed by atoms with Crippen molar-refractivity contribution in [2.75, 3.05) is 30.5 Å². The molecule has 0 amide bonds. The molecule has 0 bridgehead atoms.